The molecule has 0 aliphatic carbocycles. The van der Waals surface area contributed by atoms with Crippen LogP contribution in [0.5, 0.6) is 0 Å². The Balaban J connectivity index is 1.54. The monoisotopic (exact) mass is 542 g/mol. The first-order valence-corrected chi connectivity index (χ1v) is 14.3. The van der Waals surface area contributed by atoms with Gasteiger partial charge in [-0.05, 0) is 49.1 Å². The number of carbonyl (C=O) groups excluding carboxylic acids is 3. The topological polar surface area (TPSA) is 117 Å². The van der Waals surface area contributed by atoms with Gasteiger partial charge in [0.1, 0.15) is 6.04 Å². The predicted octanol–water partition coefficient (Wildman–Crippen LogP) is 4.22. The highest BCUT2D eigenvalue weighted by atomic mass is 32.2. The number of rotatable bonds is 9. The SMILES string of the molecule is CC(C)CN(CC(C)C)S(=O)(=O)c1ccc2nc(NC(=O)C(C)N3C(=O)c4ccccc4C3=O)sc2c1. The van der Waals surface area contributed by atoms with Crippen molar-refractivity contribution in [3.63, 3.8) is 0 Å². The van der Waals surface area contributed by atoms with E-state index < -0.39 is 33.8 Å². The van der Waals surface area contributed by atoms with Crippen molar-refractivity contribution >= 4 is 54.4 Å². The molecule has 0 bridgehead atoms. The molecule has 1 unspecified atom stereocenters. The van der Waals surface area contributed by atoms with Crippen LogP contribution < -0.4 is 5.32 Å². The number of carbonyl (C=O) groups is 3. The van der Waals surface area contributed by atoms with Crippen LogP contribution in [0.2, 0.25) is 0 Å². The third kappa shape index (κ3) is 5.29. The standard InChI is InChI=1S/C26H30N4O5S2/c1-15(2)13-29(14-16(3)4)37(34,35)18-10-11-21-22(12-18)36-26(27-21)28-23(31)17(5)30-24(32)19-8-6-7-9-20(19)25(30)33/h6-12,15-17H,13-14H2,1-5H3,(H,27,28,31). The molecule has 196 valence electrons. The second kappa shape index (κ2) is 10.3. The molecule has 0 saturated heterocycles. The molecular weight excluding hydrogens is 512 g/mol. The Morgan fingerprint density at radius 3 is 2.08 bits per heavy atom. The Morgan fingerprint density at radius 2 is 1.54 bits per heavy atom. The van der Waals surface area contributed by atoms with E-state index in [1.54, 1.807) is 36.4 Å². The Kier molecular flexibility index (Phi) is 7.50. The average molecular weight is 543 g/mol. The number of hydrogen-bond acceptors (Lipinski definition) is 7. The molecule has 4 rings (SSSR count). The zero-order valence-electron chi connectivity index (χ0n) is 21.4. The summed E-state index contributed by atoms with van der Waals surface area (Å²) in [6.07, 6.45) is 0. The van der Waals surface area contributed by atoms with E-state index in [0.717, 1.165) is 16.2 Å². The summed E-state index contributed by atoms with van der Waals surface area (Å²) in [6, 6.07) is 10.1. The normalized spacial score (nSPS) is 14.8. The van der Waals surface area contributed by atoms with E-state index in [4.69, 9.17) is 0 Å². The molecule has 1 N–H and O–H groups in total. The fraction of sp³-hybridized carbons (Fsp3) is 0.385. The second-order valence-corrected chi connectivity index (χ2v) is 12.9. The van der Waals surface area contributed by atoms with Crippen LogP contribution in [0.15, 0.2) is 47.4 Å². The maximum Gasteiger partial charge on any atom is 0.262 e. The van der Waals surface area contributed by atoms with Crippen molar-refractivity contribution in [2.45, 2.75) is 45.6 Å². The largest absolute Gasteiger partial charge is 0.300 e. The van der Waals surface area contributed by atoms with Crippen LogP contribution in [0.4, 0.5) is 5.13 Å². The highest BCUT2D eigenvalue weighted by Gasteiger charge is 2.40. The molecule has 1 aliphatic heterocycles. The van der Waals surface area contributed by atoms with Gasteiger partial charge >= 0.3 is 0 Å². The molecule has 0 radical (unpaired) electrons. The molecule has 2 heterocycles. The molecule has 9 nitrogen and oxygen atoms in total. The number of thiazole rings is 1. The molecular formula is C26H30N4O5S2. The highest BCUT2D eigenvalue weighted by Crippen LogP contribution is 2.31. The average Bonchev–Trinajstić information content (AvgIpc) is 3.34. The van der Waals surface area contributed by atoms with E-state index in [1.807, 2.05) is 27.7 Å². The van der Waals surface area contributed by atoms with Gasteiger partial charge in [0.05, 0.1) is 26.2 Å². The van der Waals surface area contributed by atoms with E-state index in [1.165, 1.54) is 17.3 Å². The van der Waals surface area contributed by atoms with Crippen LogP contribution in [0.1, 0.15) is 55.3 Å². The minimum absolute atomic E-state index is 0.169. The fourth-order valence-electron chi connectivity index (χ4n) is 4.24. The lowest BCUT2D eigenvalue weighted by Crippen LogP contribution is -2.45. The number of imide groups is 1. The van der Waals surface area contributed by atoms with Crippen LogP contribution in [0.25, 0.3) is 10.2 Å². The first-order chi connectivity index (χ1) is 17.4. The summed E-state index contributed by atoms with van der Waals surface area (Å²) in [6.45, 7) is 10.2. The second-order valence-electron chi connectivity index (χ2n) is 9.95. The number of amides is 3. The van der Waals surface area contributed by atoms with E-state index in [2.05, 4.69) is 10.3 Å². The van der Waals surface area contributed by atoms with Crippen molar-refractivity contribution in [3.8, 4) is 0 Å². The van der Waals surface area contributed by atoms with Gasteiger partial charge in [-0.1, -0.05) is 51.2 Å². The minimum atomic E-state index is -3.72. The van der Waals surface area contributed by atoms with Crippen LogP contribution in [-0.2, 0) is 14.8 Å². The Bertz CT molecular complexity index is 1430. The summed E-state index contributed by atoms with van der Waals surface area (Å²) in [5.41, 5.74) is 1.07. The zero-order valence-corrected chi connectivity index (χ0v) is 23.0. The molecule has 1 aromatic heterocycles. The number of anilines is 1. The number of nitrogens with one attached hydrogen (secondary N) is 1. The molecule has 2 aromatic carbocycles. The van der Waals surface area contributed by atoms with Crippen LogP contribution in [0.3, 0.4) is 0 Å². The van der Waals surface area contributed by atoms with Gasteiger partial charge in [0.15, 0.2) is 5.13 Å². The number of sulfonamides is 1. The number of nitrogens with zero attached hydrogens (tertiary/aromatic N) is 3. The van der Waals surface area contributed by atoms with Crippen molar-refractivity contribution < 1.29 is 22.8 Å². The maximum absolute atomic E-state index is 13.4. The summed E-state index contributed by atoms with van der Waals surface area (Å²) in [5.74, 6) is -1.26. The summed E-state index contributed by atoms with van der Waals surface area (Å²) in [5, 5.41) is 2.92. The maximum atomic E-state index is 13.4. The van der Waals surface area contributed by atoms with Crippen LogP contribution in [-0.4, -0.2) is 59.5 Å². The van der Waals surface area contributed by atoms with Crippen molar-refractivity contribution in [2.24, 2.45) is 11.8 Å². The molecule has 0 fully saturated rings. The molecule has 3 aromatic rings. The smallest absolute Gasteiger partial charge is 0.262 e. The molecule has 1 atom stereocenters. The van der Waals surface area contributed by atoms with Gasteiger partial charge in [0, 0.05) is 13.1 Å². The van der Waals surface area contributed by atoms with Gasteiger partial charge in [0.25, 0.3) is 11.8 Å². The van der Waals surface area contributed by atoms with Crippen LogP contribution >= 0.6 is 11.3 Å². The molecule has 3 amide bonds. The minimum Gasteiger partial charge on any atom is -0.300 e. The van der Waals surface area contributed by atoms with Crippen molar-refractivity contribution in [3.05, 3.63) is 53.6 Å². The number of aromatic nitrogens is 1. The molecule has 0 saturated carbocycles. The van der Waals surface area contributed by atoms with Gasteiger partial charge in [-0.25, -0.2) is 13.4 Å². The van der Waals surface area contributed by atoms with E-state index >= 15 is 0 Å². The van der Waals surface area contributed by atoms with Gasteiger partial charge in [-0.2, -0.15) is 4.31 Å². The number of hydrogen-bond donors (Lipinski definition) is 1. The molecule has 11 heteroatoms. The fourth-order valence-corrected chi connectivity index (χ4v) is 7.02. The molecule has 37 heavy (non-hydrogen) atoms. The van der Waals surface area contributed by atoms with Crippen molar-refractivity contribution in [1.82, 2.24) is 14.2 Å². The molecule has 1 aliphatic rings. The lowest BCUT2D eigenvalue weighted by Gasteiger charge is -2.25. The third-order valence-electron chi connectivity index (χ3n) is 5.96. The summed E-state index contributed by atoms with van der Waals surface area (Å²) >= 11 is 1.13. The predicted molar refractivity (Wildman–Crippen MR) is 143 cm³/mol. The van der Waals surface area contributed by atoms with Crippen LogP contribution in [0, 0.1) is 11.8 Å². The quantitative estimate of drug-likeness (QED) is 0.405. The number of benzene rings is 2. The van der Waals surface area contributed by atoms with Crippen molar-refractivity contribution in [1.29, 1.82) is 0 Å². The molecule has 0 spiro atoms. The first-order valence-electron chi connectivity index (χ1n) is 12.1. The van der Waals surface area contributed by atoms with E-state index in [9.17, 15) is 22.8 Å². The Morgan fingerprint density at radius 1 is 0.973 bits per heavy atom. The summed E-state index contributed by atoms with van der Waals surface area (Å²) in [4.78, 5) is 43.9. The zero-order chi connectivity index (χ0) is 27.1. The Hall–Kier alpha value is -3.15. The van der Waals surface area contributed by atoms with Crippen molar-refractivity contribution in [2.75, 3.05) is 18.4 Å². The lowest BCUT2D eigenvalue weighted by molar-refractivity contribution is -0.119. The number of fused-ring (bicyclic) bond motifs is 2. The van der Waals surface area contributed by atoms with E-state index in [-0.39, 0.29) is 33.0 Å². The third-order valence-corrected chi connectivity index (χ3v) is 8.72. The van der Waals surface area contributed by atoms with Gasteiger partial charge in [-0.15, -0.1) is 0 Å². The first kappa shape index (κ1) is 26.9. The van der Waals surface area contributed by atoms with Gasteiger partial charge in [-0.3, -0.25) is 19.3 Å². The van der Waals surface area contributed by atoms with Gasteiger partial charge in [0.2, 0.25) is 15.9 Å². The lowest BCUT2D eigenvalue weighted by atomic mass is 10.1. The van der Waals surface area contributed by atoms with E-state index in [0.29, 0.717) is 23.3 Å². The summed E-state index contributed by atoms with van der Waals surface area (Å²) < 4.78 is 28.9. The highest BCUT2D eigenvalue weighted by molar-refractivity contribution is 7.89. The Labute approximate surface area is 220 Å². The summed E-state index contributed by atoms with van der Waals surface area (Å²) in [7, 11) is -3.72. The van der Waals surface area contributed by atoms with Gasteiger partial charge < -0.3 is 5.32 Å².